The Hall–Kier alpha value is -3.19. The number of halogens is 2. The first-order chi connectivity index (χ1) is 17.5. The molecular weight excluding hydrogens is 501 g/mol. The predicted octanol–water partition coefficient (Wildman–Crippen LogP) is 5.94. The van der Waals surface area contributed by atoms with Crippen molar-refractivity contribution in [2.75, 3.05) is 20.3 Å². The molecule has 3 aromatic rings. The number of benzene rings is 3. The number of carbonyl (C=O) groups is 1. The molecule has 4 rings (SSSR count). The SMILES string of the molecule is C=CCNC(Cc1cccc2c1OC(c1ccc(OCc3ccc(Cl)c(Cl)c3)cc1)CO2)C(=O)OC. The fraction of sp³-hybridized carbons (Fsp3) is 0.250. The maximum Gasteiger partial charge on any atom is 0.323 e. The predicted molar refractivity (Wildman–Crippen MR) is 140 cm³/mol. The summed E-state index contributed by atoms with van der Waals surface area (Å²) in [6.07, 6.45) is 1.78. The molecular formula is C28H27Cl2NO5. The summed E-state index contributed by atoms with van der Waals surface area (Å²) in [5.74, 6) is 1.65. The molecule has 3 aromatic carbocycles. The first kappa shape index (κ1) is 25.9. The maximum absolute atomic E-state index is 12.3. The van der Waals surface area contributed by atoms with Gasteiger partial charge < -0.3 is 24.3 Å². The van der Waals surface area contributed by atoms with Gasteiger partial charge in [-0.2, -0.15) is 0 Å². The molecule has 0 aromatic heterocycles. The van der Waals surface area contributed by atoms with Gasteiger partial charge in [-0.3, -0.25) is 4.79 Å². The standard InChI is InChI=1S/C28H27Cl2NO5/c1-3-13-31-24(28(32)33-2)15-20-5-4-6-25-27(20)36-26(17-35-25)19-8-10-21(11-9-19)34-16-18-7-12-22(29)23(30)14-18/h3-12,14,24,26,31H,1,13,15-17H2,2H3. The number of ether oxygens (including phenoxy) is 4. The average molecular weight is 528 g/mol. The van der Waals surface area contributed by atoms with E-state index < -0.39 is 6.04 Å². The molecule has 1 N–H and O–H groups in total. The van der Waals surface area contributed by atoms with Crippen molar-refractivity contribution in [2.45, 2.75) is 25.2 Å². The zero-order valence-electron chi connectivity index (χ0n) is 19.8. The number of rotatable bonds is 10. The number of methoxy groups -OCH3 is 1. The van der Waals surface area contributed by atoms with Gasteiger partial charge in [-0.05, 0) is 41.5 Å². The Kier molecular flexibility index (Phi) is 8.75. The fourth-order valence-electron chi connectivity index (χ4n) is 3.88. The Bertz CT molecular complexity index is 1220. The van der Waals surface area contributed by atoms with Crippen molar-refractivity contribution in [2.24, 2.45) is 0 Å². The monoisotopic (exact) mass is 527 g/mol. The molecule has 0 amide bonds. The minimum absolute atomic E-state index is 0.305. The van der Waals surface area contributed by atoms with Gasteiger partial charge in [0.2, 0.25) is 0 Å². The van der Waals surface area contributed by atoms with E-state index in [0.29, 0.717) is 47.7 Å². The largest absolute Gasteiger partial charge is 0.489 e. The zero-order chi connectivity index (χ0) is 25.5. The Morgan fingerprint density at radius 1 is 1.17 bits per heavy atom. The van der Waals surface area contributed by atoms with Gasteiger partial charge >= 0.3 is 5.97 Å². The van der Waals surface area contributed by atoms with E-state index in [0.717, 1.165) is 22.4 Å². The van der Waals surface area contributed by atoms with Gasteiger partial charge in [-0.25, -0.2) is 0 Å². The second-order valence-corrected chi connectivity index (χ2v) is 9.06. The van der Waals surface area contributed by atoms with Gasteiger partial charge in [0.25, 0.3) is 0 Å². The highest BCUT2D eigenvalue weighted by Crippen LogP contribution is 2.40. The molecule has 0 aliphatic carbocycles. The van der Waals surface area contributed by atoms with Crippen molar-refractivity contribution in [3.05, 3.63) is 100 Å². The molecule has 0 fully saturated rings. The molecule has 1 aliphatic rings. The summed E-state index contributed by atoms with van der Waals surface area (Å²) in [5, 5.41) is 4.15. The van der Waals surface area contributed by atoms with Crippen molar-refractivity contribution in [3.63, 3.8) is 0 Å². The molecule has 6 nitrogen and oxygen atoms in total. The summed E-state index contributed by atoms with van der Waals surface area (Å²) in [7, 11) is 1.37. The van der Waals surface area contributed by atoms with Gasteiger partial charge in [-0.1, -0.05) is 59.6 Å². The lowest BCUT2D eigenvalue weighted by Gasteiger charge is -2.29. The van der Waals surface area contributed by atoms with Gasteiger partial charge in [0.15, 0.2) is 17.6 Å². The van der Waals surface area contributed by atoms with Crippen molar-refractivity contribution < 1.29 is 23.7 Å². The molecule has 2 atom stereocenters. The van der Waals surface area contributed by atoms with E-state index in [1.54, 1.807) is 18.2 Å². The lowest BCUT2D eigenvalue weighted by Crippen LogP contribution is -2.39. The van der Waals surface area contributed by atoms with Crippen molar-refractivity contribution in [1.29, 1.82) is 0 Å². The number of nitrogens with one attached hydrogen (secondary N) is 1. The summed E-state index contributed by atoms with van der Waals surface area (Å²) < 4.78 is 23.2. The van der Waals surface area contributed by atoms with Crippen LogP contribution in [-0.4, -0.2) is 32.3 Å². The van der Waals surface area contributed by atoms with Crippen LogP contribution in [0.5, 0.6) is 17.2 Å². The molecule has 0 saturated heterocycles. The van der Waals surface area contributed by atoms with Crippen LogP contribution in [0.15, 0.2) is 73.3 Å². The number of fused-ring (bicyclic) bond motifs is 1. The molecule has 1 aliphatic heterocycles. The first-order valence-electron chi connectivity index (χ1n) is 11.5. The van der Waals surface area contributed by atoms with E-state index in [4.69, 9.17) is 42.1 Å². The molecule has 8 heteroatoms. The van der Waals surface area contributed by atoms with Gasteiger partial charge in [0.05, 0.1) is 17.2 Å². The van der Waals surface area contributed by atoms with Gasteiger partial charge in [-0.15, -0.1) is 6.58 Å². The van der Waals surface area contributed by atoms with Crippen LogP contribution >= 0.6 is 23.2 Å². The van der Waals surface area contributed by atoms with Crippen LogP contribution in [0.1, 0.15) is 22.8 Å². The molecule has 1 heterocycles. The van der Waals surface area contributed by atoms with Crippen LogP contribution in [0.4, 0.5) is 0 Å². The lowest BCUT2D eigenvalue weighted by molar-refractivity contribution is -0.143. The van der Waals surface area contributed by atoms with Gasteiger partial charge in [0, 0.05) is 18.5 Å². The van der Waals surface area contributed by atoms with Crippen LogP contribution in [0.25, 0.3) is 0 Å². The molecule has 0 radical (unpaired) electrons. The van der Waals surface area contributed by atoms with Crippen LogP contribution in [0.2, 0.25) is 10.0 Å². The van der Waals surface area contributed by atoms with Gasteiger partial charge in [0.1, 0.15) is 25.0 Å². The third kappa shape index (κ3) is 6.32. The third-order valence-electron chi connectivity index (χ3n) is 5.77. The molecule has 36 heavy (non-hydrogen) atoms. The number of hydrogen-bond acceptors (Lipinski definition) is 6. The highest BCUT2D eigenvalue weighted by atomic mass is 35.5. The smallest absolute Gasteiger partial charge is 0.323 e. The number of hydrogen-bond donors (Lipinski definition) is 1. The number of esters is 1. The number of carbonyl (C=O) groups excluding carboxylic acids is 1. The molecule has 188 valence electrons. The third-order valence-corrected chi connectivity index (χ3v) is 6.51. The average Bonchev–Trinajstić information content (AvgIpc) is 2.91. The molecule has 0 bridgehead atoms. The maximum atomic E-state index is 12.3. The highest BCUT2D eigenvalue weighted by molar-refractivity contribution is 6.42. The topological polar surface area (TPSA) is 66.0 Å². The second kappa shape index (κ2) is 12.2. The van der Waals surface area contributed by atoms with Crippen LogP contribution in [-0.2, 0) is 22.6 Å². The second-order valence-electron chi connectivity index (χ2n) is 8.24. The van der Waals surface area contributed by atoms with E-state index in [1.165, 1.54) is 7.11 Å². The minimum atomic E-state index is -0.532. The van der Waals surface area contributed by atoms with E-state index in [-0.39, 0.29) is 12.1 Å². The lowest BCUT2D eigenvalue weighted by atomic mass is 10.0. The van der Waals surface area contributed by atoms with Crippen molar-refractivity contribution >= 4 is 29.2 Å². The quantitative estimate of drug-likeness (QED) is 0.259. The minimum Gasteiger partial charge on any atom is -0.489 e. The van der Waals surface area contributed by atoms with E-state index in [9.17, 15) is 4.79 Å². The highest BCUT2D eigenvalue weighted by Gasteiger charge is 2.27. The van der Waals surface area contributed by atoms with Crippen molar-refractivity contribution in [3.8, 4) is 17.2 Å². The number of para-hydroxylation sites is 1. The van der Waals surface area contributed by atoms with E-state index >= 15 is 0 Å². The first-order valence-corrected chi connectivity index (χ1v) is 12.2. The molecule has 2 unspecified atom stereocenters. The Morgan fingerprint density at radius 3 is 2.69 bits per heavy atom. The van der Waals surface area contributed by atoms with Crippen LogP contribution < -0.4 is 19.5 Å². The summed E-state index contributed by atoms with van der Waals surface area (Å²) >= 11 is 12.1. The van der Waals surface area contributed by atoms with Crippen molar-refractivity contribution in [1.82, 2.24) is 5.32 Å². The van der Waals surface area contributed by atoms with E-state index in [2.05, 4.69) is 11.9 Å². The zero-order valence-corrected chi connectivity index (χ0v) is 21.4. The normalized spacial score (nSPS) is 15.1. The molecule has 0 saturated carbocycles. The Balaban J connectivity index is 1.44. The summed E-state index contributed by atoms with van der Waals surface area (Å²) in [4.78, 5) is 12.3. The molecule has 0 spiro atoms. The Morgan fingerprint density at radius 2 is 1.97 bits per heavy atom. The van der Waals surface area contributed by atoms with Crippen LogP contribution in [0, 0.1) is 0 Å². The van der Waals surface area contributed by atoms with E-state index in [1.807, 2.05) is 48.5 Å². The Labute approximate surface area is 220 Å². The fourth-order valence-corrected chi connectivity index (χ4v) is 4.20. The summed E-state index contributed by atoms with van der Waals surface area (Å²) in [5.41, 5.74) is 2.73. The van der Waals surface area contributed by atoms with Crippen LogP contribution in [0.3, 0.4) is 0 Å². The summed E-state index contributed by atoms with van der Waals surface area (Å²) in [6.45, 7) is 4.92. The summed E-state index contributed by atoms with van der Waals surface area (Å²) in [6, 6.07) is 18.3.